The molecule has 202 valence electrons. The first-order chi connectivity index (χ1) is 17.7. The lowest BCUT2D eigenvalue weighted by atomic mass is 9.82. The van der Waals surface area contributed by atoms with Crippen molar-refractivity contribution in [2.75, 3.05) is 23.9 Å². The Balaban J connectivity index is 1.51. The molecule has 1 aromatic carbocycles. The summed E-state index contributed by atoms with van der Waals surface area (Å²) in [6, 6.07) is 6.12. The van der Waals surface area contributed by atoms with Crippen molar-refractivity contribution in [1.82, 2.24) is 20.3 Å². The summed E-state index contributed by atoms with van der Waals surface area (Å²) in [6.45, 7) is 0.256. The molecule has 0 fully saturated rings. The summed E-state index contributed by atoms with van der Waals surface area (Å²) in [7, 11) is -3.65. The topological polar surface area (TPSA) is 145 Å². The van der Waals surface area contributed by atoms with Gasteiger partial charge in [0.25, 0.3) is 11.8 Å². The molecule has 15 heteroatoms. The van der Waals surface area contributed by atoms with Crippen LogP contribution in [0.1, 0.15) is 39.3 Å². The summed E-state index contributed by atoms with van der Waals surface area (Å²) < 4.78 is 72.2. The van der Waals surface area contributed by atoms with Gasteiger partial charge in [0.2, 0.25) is 5.91 Å². The maximum Gasteiger partial charge on any atom is 0.422 e. The minimum atomic E-state index is -4.47. The van der Waals surface area contributed by atoms with E-state index in [1.165, 1.54) is 22.9 Å². The van der Waals surface area contributed by atoms with Crippen molar-refractivity contribution in [2.24, 2.45) is 0 Å². The smallest absolute Gasteiger partial charge is 0.422 e. The van der Waals surface area contributed by atoms with E-state index in [1.54, 1.807) is 13.0 Å². The van der Waals surface area contributed by atoms with Gasteiger partial charge in [-0.3, -0.25) is 9.59 Å². The predicted octanol–water partition coefficient (Wildman–Crippen LogP) is 2.22. The first-order valence-electron chi connectivity index (χ1n) is 11.4. The molecule has 2 amide bonds. The molecule has 0 saturated carbocycles. The van der Waals surface area contributed by atoms with Gasteiger partial charge in [0.1, 0.15) is 17.1 Å². The first kappa shape index (κ1) is 25.8. The van der Waals surface area contributed by atoms with E-state index in [9.17, 15) is 31.2 Å². The van der Waals surface area contributed by atoms with Gasteiger partial charge in [-0.05, 0) is 43.0 Å². The number of halogens is 3. The summed E-state index contributed by atoms with van der Waals surface area (Å²) >= 11 is 0. The molecule has 0 unspecified atom stereocenters. The molecule has 2 aliphatic rings. The zero-order valence-corrected chi connectivity index (χ0v) is 21.0. The van der Waals surface area contributed by atoms with Gasteiger partial charge in [0.15, 0.2) is 22.3 Å². The molecule has 2 N–H and O–H groups in total. The van der Waals surface area contributed by atoms with Gasteiger partial charge in [0.05, 0.1) is 16.9 Å². The van der Waals surface area contributed by atoms with E-state index in [2.05, 4.69) is 20.9 Å². The zero-order chi connectivity index (χ0) is 27.5. The first-order valence-corrected chi connectivity index (χ1v) is 13.5. The highest BCUT2D eigenvalue weighted by atomic mass is 32.2. The molecule has 11 nitrogen and oxygen atoms in total. The van der Waals surface area contributed by atoms with Crippen LogP contribution in [0.2, 0.25) is 0 Å². The Hall–Kier alpha value is -3.88. The normalized spacial score (nSPS) is 18.7. The molecule has 1 atom stereocenters. The van der Waals surface area contributed by atoms with Crippen molar-refractivity contribution in [1.29, 1.82) is 0 Å². The summed E-state index contributed by atoms with van der Waals surface area (Å²) in [4.78, 5) is 25.9. The highest BCUT2D eigenvalue weighted by molar-refractivity contribution is 7.91. The van der Waals surface area contributed by atoms with E-state index in [4.69, 9.17) is 9.26 Å². The number of ether oxygens (including phenoxy) is 1. The lowest BCUT2D eigenvalue weighted by Gasteiger charge is -2.35. The fraction of sp³-hybridized carbons (Fsp3) is 0.391. The van der Waals surface area contributed by atoms with E-state index >= 15 is 0 Å². The van der Waals surface area contributed by atoms with E-state index < -0.39 is 45.7 Å². The summed E-state index contributed by atoms with van der Waals surface area (Å²) in [5, 5.41) is 13.8. The van der Waals surface area contributed by atoms with Crippen molar-refractivity contribution in [2.45, 2.75) is 37.9 Å². The summed E-state index contributed by atoms with van der Waals surface area (Å²) in [6.07, 6.45) is -2.41. The van der Waals surface area contributed by atoms with Gasteiger partial charge >= 0.3 is 6.18 Å². The Bertz CT molecular complexity index is 1560. The van der Waals surface area contributed by atoms with Crippen LogP contribution in [0, 0.1) is 6.92 Å². The average molecular weight is 554 g/mol. The van der Waals surface area contributed by atoms with Gasteiger partial charge in [-0.2, -0.15) is 23.0 Å². The third-order valence-electron chi connectivity index (χ3n) is 6.30. The van der Waals surface area contributed by atoms with Crippen molar-refractivity contribution in [3.05, 3.63) is 52.3 Å². The second-order valence-electron chi connectivity index (χ2n) is 9.44. The number of aromatic nitrogens is 3. The Morgan fingerprint density at radius 1 is 1.32 bits per heavy atom. The Morgan fingerprint density at radius 2 is 2.08 bits per heavy atom. The Kier molecular flexibility index (Phi) is 6.00. The molecule has 3 aromatic rings. The molecule has 38 heavy (non-hydrogen) atoms. The number of hydrogen-bond donors (Lipinski definition) is 2. The number of nitrogens with zero attached hydrogens (tertiary/aromatic N) is 3. The van der Waals surface area contributed by atoms with E-state index in [0.29, 0.717) is 24.2 Å². The molecule has 1 aliphatic heterocycles. The van der Waals surface area contributed by atoms with E-state index in [-0.39, 0.29) is 29.4 Å². The number of carbonyl (C=O) groups is 2. The second kappa shape index (κ2) is 8.85. The fourth-order valence-corrected chi connectivity index (χ4v) is 5.41. The van der Waals surface area contributed by atoms with Crippen LogP contribution in [0.4, 0.5) is 19.0 Å². The number of amides is 2. The molecule has 1 aliphatic carbocycles. The standard InChI is InChI=1S/C23H22F3N5O6S/c1-12-7-18(37-30-12)31-20(27-17(32)10-38(2,34)35)19-16(29-31)9-22(28-21(19)33)6-5-13-8-14(3-4-15(13)22)36-11-23(24,25)26/h3-4,7-8H,5-6,9-11H2,1-2H3,(H,27,32)(H,28,33)/t22-/m0/s1. The highest BCUT2D eigenvalue weighted by Gasteiger charge is 2.47. The maximum atomic E-state index is 13.4. The van der Waals surface area contributed by atoms with Gasteiger partial charge < -0.3 is 19.9 Å². The minimum absolute atomic E-state index is 0.0464. The lowest BCUT2D eigenvalue weighted by Crippen LogP contribution is -2.49. The number of aryl methyl sites for hydroxylation is 2. The number of rotatable bonds is 6. The summed E-state index contributed by atoms with van der Waals surface area (Å²) in [5.74, 6) is -2.12. The molecule has 1 spiro atoms. The number of sulfone groups is 1. The molecular weight excluding hydrogens is 531 g/mol. The third kappa shape index (κ3) is 4.97. The van der Waals surface area contributed by atoms with E-state index in [1.807, 2.05) is 0 Å². The monoisotopic (exact) mass is 553 g/mol. The quantitative estimate of drug-likeness (QED) is 0.473. The highest BCUT2D eigenvalue weighted by Crippen LogP contribution is 2.44. The Morgan fingerprint density at radius 3 is 2.74 bits per heavy atom. The molecule has 5 rings (SSSR count). The van der Waals surface area contributed by atoms with E-state index in [0.717, 1.165) is 17.4 Å². The molecule has 0 radical (unpaired) electrons. The number of carbonyl (C=O) groups excluding carboxylic acids is 2. The predicted molar refractivity (Wildman–Crippen MR) is 126 cm³/mol. The molecule has 2 aromatic heterocycles. The molecule has 0 bridgehead atoms. The molecule has 3 heterocycles. The van der Waals surface area contributed by atoms with Crippen molar-refractivity contribution >= 4 is 27.5 Å². The third-order valence-corrected chi connectivity index (χ3v) is 7.08. The fourth-order valence-electron chi connectivity index (χ4n) is 4.86. The van der Waals surface area contributed by atoms with Crippen molar-refractivity contribution < 1.29 is 40.4 Å². The van der Waals surface area contributed by atoms with Crippen LogP contribution in [0.15, 0.2) is 28.8 Å². The van der Waals surface area contributed by atoms with Crippen molar-refractivity contribution in [3.8, 4) is 11.6 Å². The SMILES string of the molecule is Cc1cc(-n2nc3c(c2NC(=O)CS(C)(=O)=O)C(=O)N[C@@]2(CCc4cc(OCC(F)(F)F)ccc42)C3)on1. The number of benzene rings is 1. The van der Waals surface area contributed by atoms with Crippen LogP contribution in [0.5, 0.6) is 5.75 Å². The number of nitrogens with one attached hydrogen (secondary N) is 2. The van der Waals surface area contributed by atoms with Gasteiger partial charge in [-0.1, -0.05) is 11.2 Å². The van der Waals surface area contributed by atoms with Gasteiger partial charge in [-0.15, -0.1) is 0 Å². The molecular formula is C23H22F3N5O6S. The van der Waals surface area contributed by atoms with Crippen LogP contribution < -0.4 is 15.4 Å². The zero-order valence-electron chi connectivity index (χ0n) is 20.2. The molecule has 0 saturated heterocycles. The van der Waals surface area contributed by atoms with Crippen LogP contribution in [0.25, 0.3) is 5.88 Å². The second-order valence-corrected chi connectivity index (χ2v) is 11.6. The lowest BCUT2D eigenvalue weighted by molar-refractivity contribution is -0.153. The minimum Gasteiger partial charge on any atom is -0.484 e. The average Bonchev–Trinajstić information content (AvgIpc) is 3.47. The number of alkyl halides is 3. The van der Waals surface area contributed by atoms with Crippen LogP contribution in [-0.4, -0.2) is 60.0 Å². The number of anilines is 1. The number of fused-ring (bicyclic) bond motifs is 3. The van der Waals surface area contributed by atoms with Crippen LogP contribution in [-0.2, 0) is 33.0 Å². The van der Waals surface area contributed by atoms with Crippen molar-refractivity contribution in [3.63, 3.8) is 0 Å². The maximum absolute atomic E-state index is 13.4. The van der Waals surface area contributed by atoms with Crippen LogP contribution in [0.3, 0.4) is 0 Å². The number of hydrogen-bond acceptors (Lipinski definition) is 8. The Labute approximate surface area is 214 Å². The van der Waals surface area contributed by atoms with Gasteiger partial charge in [-0.25, -0.2) is 8.42 Å². The van der Waals surface area contributed by atoms with Crippen LogP contribution >= 0.6 is 0 Å². The van der Waals surface area contributed by atoms with Gasteiger partial charge in [0, 0.05) is 18.7 Å². The largest absolute Gasteiger partial charge is 0.484 e. The summed E-state index contributed by atoms with van der Waals surface area (Å²) in [5.41, 5.74) is 1.46.